The first-order valence-electron chi connectivity index (χ1n) is 10.4. The molecule has 29 heavy (non-hydrogen) atoms. The van der Waals surface area contributed by atoms with Crippen LogP contribution in [0.4, 0.5) is 13.2 Å². The van der Waals surface area contributed by atoms with Crippen molar-refractivity contribution in [3.63, 3.8) is 0 Å². The van der Waals surface area contributed by atoms with Crippen LogP contribution in [0.5, 0.6) is 0 Å². The Bertz CT molecular complexity index is 705. The third-order valence-electron chi connectivity index (χ3n) is 5.87. The van der Waals surface area contributed by atoms with Crippen LogP contribution in [0.15, 0.2) is 12.3 Å². The Morgan fingerprint density at radius 2 is 2.03 bits per heavy atom. The van der Waals surface area contributed by atoms with Crippen LogP contribution in [-0.4, -0.2) is 47.6 Å². The summed E-state index contributed by atoms with van der Waals surface area (Å²) in [7, 11) is 0. The van der Waals surface area contributed by atoms with Crippen LogP contribution < -0.4 is 5.32 Å². The Kier molecular flexibility index (Phi) is 7.16. The monoisotopic (exact) mass is 413 g/mol. The lowest BCUT2D eigenvalue weighted by Gasteiger charge is -2.31. The molecule has 1 N–H and O–H groups in total. The third-order valence-corrected chi connectivity index (χ3v) is 5.87. The molecule has 1 aromatic rings. The van der Waals surface area contributed by atoms with Crippen molar-refractivity contribution in [2.75, 3.05) is 19.8 Å². The van der Waals surface area contributed by atoms with Crippen molar-refractivity contribution in [2.24, 2.45) is 5.92 Å². The molecule has 162 valence electrons. The molecule has 1 amide bonds. The molecule has 2 atom stereocenters. The normalized spacial score (nSPS) is 20.2. The summed E-state index contributed by atoms with van der Waals surface area (Å²) in [5.41, 5.74) is 0.400. The Balaban J connectivity index is 1.51. The molecule has 1 aromatic heterocycles. The van der Waals surface area contributed by atoms with Crippen LogP contribution in [0.25, 0.3) is 0 Å². The van der Waals surface area contributed by atoms with E-state index in [9.17, 15) is 18.0 Å². The summed E-state index contributed by atoms with van der Waals surface area (Å²) in [5, 5.41) is 3.61. The van der Waals surface area contributed by atoms with E-state index < -0.39 is 11.7 Å². The molecule has 2 aliphatic rings. The lowest BCUT2D eigenvalue weighted by atomic mass is 9.97. The summed E-state index contributed by atoms with van der Waals surface area (Å²) in [6, 6.07) is 1.92. The van der Waals surface area contributed by atoms with Crippen molar-refractivity contribution in [1.82, 2.24) is 15.2 Å². The maximum atomic E-state index is 13.0. The zero-order valence-electron chi connectivity index (χ0n) is 17.1. The zero-order valence-corrected chi connectivity index (χ0v) is 17.1. The second kappa shape index (κ2) is 9.43. The molecule has 1 saturated heterocycles. The smallest absolute Gasteiger partial charge is 0.381 e. The number of ether oxygens (including phenoxy) is 1. The number of amides is 1. The fourth-order valence-electron chi connectivity index (χ4n) is 4.05. The van der Waals surface area contributed by atoms with Gasteiger partial charge in [-0.25, -0.2) is 0 Å². The number of halogens is 3. The molecule has 0 radical (unpaired) electrons. The van der Waals surface area contributed by atoms with Gasteiger partial charge in [-0.1, -0.05) is 6.92 Å². The maximum absolute atomic E-state index is 13.0. The van der Waals surface area contributed by atoms with Crippen molar-refractivity contribution >= 4 is 5.91 Å². The number of hydrogen-bond donors (Lipinski definition) is 1. The molecule has 1 fully saturated rings. The number of aromatic nitrogens is 1. The number of carbonyl (C=O) groups excluding carboxylic acids is 1. The highest BCUT2D eigenvalue weighted by molar-refractivity contribution is 5.78. The average molecular weight is 413 g/mol. The molecule has 0 spiro atoms. The molecule has 5 nitrogen and oxygen atoms in total. The SMILES string of the molecule is C[C@H](CC[C@H](C)NC1CCOCC1)C(=O)N1CCc2ncc(C(F)(F)F)cc2C1. The fraction of sp³-hybridized carbons (Fsp3) is 0.714. The molecule has 0 aromatic carbocycles. The van der Waals surface area contributed by atoms with E-state index in [1.807, 2.05) is 6.92 Å². The maximum Gasteiger partial charge on any atom is 0.417 e. The van der Waals surface area contributed by atoms with Gasteiger partial charge in [-0.15, -0.1) is 0 Å². The van der Waals surface area contributed by atoms with Gasteiger partial charge in [-0.2, -0.15) is 13.2 Å². The van der Waals surface area contributed by atoms with Crippen LogP contribution in [0.2, 0.25) is 0 Å². The average Bonchev–Trinajstić information content (AvgIpc) is 2.70. The van der Waals surface area contributed by atoms with Gasteiger partial charge >= 0.3 is 6.18 Å². The zero-order chi connectivity index (χ0) is 21.0. The van der Waals surface area contributed by atoms with Gasteiger partial charge in [0.1, 0.15) is 0 Å². The number of carbonyl (C=O) groups is 1. The molecule has 0 saturated carbocycles. The van der Waals surface area contributed by atoms with E-state index >= 15 is 0 Å². The molecule has 0 bridgehead atoms. The second-order valence-electron chi connectivity index (χ2n) is 8.27. The minimum atomic E-state index is -4.42. The fourth-order valence-corrected chi connectivity index (χ4v) is 4.05. The van der Waals surface area contributed by atoms with Crippen LogP contribution >= 0.6 is 0 Å². The van der Waals surface area contributed by atoms with E-state index in [0.717, 1.165) is 51.2 Å². The predicted octanol–water partition coefficient (Wildman–Crippen LogP) is 3.56. The summed E-state index contributed by atoms with van der Waals surface area (Å²) in [5.74, 6) is -0.152. The van der Waals surface area contributed by atoms with Gasteiger partial charge in [0.05, 0.1) is 5.56 Å². The van der Waals surface area contributed by atoms with Crippen LogP contribution in [-0.2, 0) is 28.7 Å². The van der Waals surface area contributed by atoms with E-state index in [-0.39, 0.29) is 18.4 Å². The Hall–Kier alpha value is -1.67. The van der Waals surface area contributed by atoms with Gasteiger partial charge in [-0.05, 0) is 44.2 Å². The molecule has 3 heterocycles. The molecule has 8 heteroatoms. The first-order valence-corrected chi connectivity index (χ1v) is 10.4. The summed E-state index contributed by atoms with van der Waals surface area (Å²) in [4.78, 5) is 18.5. The number of nitrogens with zero attached hydrogens (tertiary/aromatic N) is 2. The minimum absolute atomic E-state index is 0.00586. The predicted molar refractivity (Wildman–Crippen MR) is 103 cm³/mol. The summed E-state index contributed by atoms with van der Waals surface area (Å²) in [6.07, 6.45) is 0.615. The first kappa shape index (κ1) is 22.0. The third kappa shape index (κ3) is 5.92. The standard InChI is InChI=1S/C21H30F3N3O2/c1-14(3-4-15(2)26-18-6-9-29-10-7-18)20(28)27-8-5-19-16(13-27)11-17(12-25-19)21(22,23)24/h11-12,14-15,18,26H,3-10,13H2,1-2H3/t14-,15+/m1/s1. The van der Waals surface area contributed by atoms with Crippen molar-refractivity contribution in [2.45, 2.75) is 70.8 Å². The number of hydrogen-bond acceptors (Lipinski definition) is 4. The molecule has 0 aliphatic carbocycles. The van der Waals surface area contributed by atoms with Crippen LogP contribution in [0.3, 0.4) is 0 Å². The quantitative estimate of drug-likeness (QED) is 0.775. The van der Waals surface area contributed by atoms with Crippen molar-refractivity contribution < 1.29 is 22.7 Å². The van der Waals surface area contributed by atoms with Crippen molar-refractivity contribution in [3.05, 3.63) is 29.1 Å². The molecule has 0 unspecified atom stereocenters. The van der Waals surface area contributed by atoms with E-state index in [0.29, 0.717) is 36.3 Å². The van der Waals surface area contributed by atoms with Crippen LogP contribution in [0.1, 0.15) is 56.4 Å². The molecule has 3 rings (SSSR count). The Morgan fingerprint density at radius 3 is 2.72 bits per heavy atom. The van der Waals surface area contributed by atoms with Gasteiger partial charge in [0.25, 0.3) is 0 Å². The van der Waals surface area contributed by atoms with E-state index in [4.69, 9.17) is 4.74 Å². The number of rotatable bonds is 6. The van der Waals surface area contributed by atoms with Gasteiger partial charge < -0.3 is 15.0 Å². The van der Waals surface area contributed by atoms with Gasteiger partial charge in [0.2, 0.25) is 5.91 Å². The molecular weight excluding hydrogens is 383 g/mol. The highest BCUT2D eigenvalue weighted by Crippen LogP contribution is 2.31. The van der Waals surface area contributed by atoms with Crippen molar-refractivity contribution in [1.29, 1.82) is 0 Å². The lowest BCUT2D eigenvalue weighted by molar-refractivity contribution is -0.137. The Morgan fingerprint density at radius 1 is 1.31 bits per heavy atom. The van der Waals surface area contributed by atoms with E-state index in [1.54, 1.807) is 4.90 Å². The second-order valence-corrected chi connectivity index (χ2v) is 8.27. The van der Waals surface area contributed by atoms with Gasteiger partial charge in [0.15, 0.2) is 0 Å². The summed E-state index contributed by atoms with van der Waals surface area (Å²) < 4.78 is 44.2. The Labute approximate surface area is 170 Å². The highest BCUT2D eigenvalue weighted by Gasteiger charge is 2.33. The van der Waals surface area contributed by atoms with Crippen molar-refractivity contribution in [3.8, 4) is 0 Å². The summed E-state index contributed by atoms with van der Waals surface area (Å²) in [6.45, 7) is 6.33. The molecule has 2 aliphatic heterocycles. The lowest BCUT2D eigenvalue weighted by Crippen LogP contribution is -2.41. The van der Waals surface area contributed by atoms with Crippen LogP contribution in [0, 0.1) is 5.92 Å². The van der Waals surface area contributed by atoms with E-state index in [1.165, 1.54) is 0 Å². The highest BCUT2D eigenvalue weighted by atomic mass is 19.4. The largest absolute Gasteiger partial charge is 0.417 e. The molecular formula is C21H30F3N3O2. The summed E-state index contributed by atoms with van der Waals surface area (Å²) >= 11 is 0. The minimum Gasteiger partial charge on any atom is -0.381 e. The number of fused-ring (bicyclic) bond motifs is 1. The topological polar surface area (TPSA) is 54.5 Å². The van der Waals surface area contributed by atoms with E-state index in [2.05, 4.69) is 17.2 Å². The first-order chi connectivity index (χ1) is 13.7. The number of pyridine rings is 1. The number of nitrogens with one attached hydrogen (secondary N) is 1. The van der Waals surface area contributed by atoms with Gasteiger partial charge in [-0.3, -0.25) is 9.78 Å². The van der Waals surface area contributed by atoms with Gasteiger partial charge in [0, 0.05) is 62.6 Å². The number of alkyl halides is 3.